The van der Waals surface area contributed by atoms with Gasteiger partial charge in [0, 0.05) is 11.4 Å². The number of benzene rings is 2. The van der Waals surface area contributed by atoms with Crippen LogP contribution in [-0.4, -0.2) is 15.7 Å². The Balaban J connectivity index is 1.73. The number of nitrogens with zero attached hydrogens (tertiary/aromatic N) is 2. The fraction of sp³-hybridized carbons (Fsp3) is 0.304. The average molecular weight is 361 g/mol. The van der Waals surface area contributed by atoms with Gasteiger partial charge >= 0.3 is 0 Å². The Labute approximate surface area is 161 Å². The Morgan fingerprint density at radius 1 is 1.04 bits per heavy atom. The number of rotatable bonds is 4. The largest absolute Gasteiger partial charge is 0.321 e. The number of amides is 1. The summed E-state index contributed by atoms with van der Waals surface area (Å²) in [5, 5.41) is 7.44. The van der Waals surface area contributed by atoms with Gasteiger partial charge in [0.1, 0.15) is 0 Å². The molecule has 0 saturated heterocycles. The Bertz CT molecular complexity index is 946. The number of carbonyl (C=O) groups excluding carboxylic acids is 1. The highest BCUT2D eigenvalue weighted by Crippen LogP contribution is 2.23. The van der Waals surface area contributed by atoms with Crippen molar-refractivity contribution in [2.45, 2.75) is 46.6 Å². The summed E-state index contributed by atoms with van der Waals surface area (Å²) in [6.45, 7) is 11.2. The minimum atomic E-state index is -0.190. The summed E-state index contributed by atoms with van der Waals surface area (Å²) in [7, 11) is 0. The Kier molecular flexibility index (Phi) is 5.17. The second-order valence-corrected chi connectivity index (χ2v) is 8.04. The highest BCUT2D eigenvalue weighted by molar-refractivity contribution is 6.02. The van der Waals surface area contributed by atoms with Crippen molar-refractivity contribution in [2.24, 2.45) is 0 Å². The van der Waals surface area contributed by atoms with E-state index in [1.807, 2.05) is 41.9 Å². The van der Waals surface area contributed by atoms with E-state index in [-0.39, 0.29) is 11.3 Å². The monoisotopic (exact) mass is 361 g/mol. The molecule has 2 aromatic carbocycles. The van der Waals surface area contributed by atoms with E-state index in [2.05, 4.69) is 62.4 Å². The van der Waals surface area contributed by atoms with Gasteiger partial charge in [-0.15, -0.1) is 0 Å². The lowest BCUT2D eigenvalue weighted by Gasteiger charge is -2.19. The van der Waals surface area contributed by atoms with Crippen molar-refractivity contribution in [2.75, 3.05) is 5.32 Å². The van der Waals surface area contributed by atoms with Gasteiger partial charge in [0.05, 0.1) is 6.54 Å². The van der Waals surface area contributed by atoms with E-state index in [4.69, 9.17) is 0 Å². The van der Waals surface area contributed by atoms with Crippen molar-refractivity contribution in [1.82, 2.24) is 9.78 Å². The third kappa shape index (κ3) is 4.45. The van der Waals surface area contributed by atoms with E-state index in [1.165, 1.54) is 16.7 Å². The van der Waals surface area contributed by atoms with Crippen LogP contribution >= 0.6 is 0 Å². The first-order valence-electron chi connectivity index (χ1n) is 9.25. The van der Waals surface area contributed by atoms with Gasteiger partial charge in [-0.3, -0.25) is 9.48 Å². The minimum Gasteiger partial charge on any atom is -0.321 e. The summed E-state index contributed by atoms with van der Waals surface area (Å²) in [6.07, 6.45) is 0. The van der Waals surface area contributed by atoms with Crippen molar-refractivity contribution in [3.05, 3.63) is 82.7 Å². The lowest BCUT2D eigenvalue weighted by Crippen LogP contribution is -2.15. The predicted octanol–water partition coefficient (Wildman–Crippen LogP) is 5.10. The van der Waals surface area contributed by atoms with E-state index in [9.17, 15) is 4.79 Å². The van der Waals surface area contributed by atoms with Gasteiger partial charge in [-0.25, -0.2) is 0 Å². The zero-order chi connectivity index (χ0) is 19.6. The standard InChI is InChI=1S/C23H27N3O/c1-16-8-6-7-9-18(16)15-26-17(2)14-21(25-26)22(27)24-20-12-10-19(11-13-20)23(3,4)5/h6-14H,15H2,1-5H3,(H,24,27). The second kappa shape index (κ2) is 7.39. The van der Waals surface area contributed by atoms with Gasteiger partial charge in [-0.2, -0.15) is 5.10 Å². The highest BCUT2D eigenvalue weighted by atomic mass is 16.1. The summed E-state index contributed by atoms with van der Waals surface area (Å²) < 4.78 is 1.87. The first-order valence-corrected chi connectivity index (χ1v) is 9.25. The molecule has 1 amide bonds. The average Bonchev–Trinajstić information content (AvgIpc) is 2.97. The molecule has 1 N–H and O–H groups in total. The van der Waals surface area contributed by atoms with Crippen molar-refractivity contribution in [3.8, 4) is 0 Å². The van der Waals surface area contributed by atoms with Crippen LogP contribution < -0.4 is 5.32 Å². The Morgan fingerprint density at radius 2 is 1.70 bits per heavy atom. The summed E-state index contributed by atoms with van der Waals surface area (Å²) >= 11 is 0. The van der Waals surface area contributed by atoms with Crippen LogP contribution in [0.3, 0.4) is 0 Å². The molecule has 0 unspecified atom stereocenters. The van der Waals surface area contributed by atoms with Crippen LogP contribution in [0.1, 0.15) is 53.6 Å². The molecule has 0 saturated carbocycles. The smallest absolute Gasteiger partial charge is 0.276 e. The summed E-state index contributed by atoms with van der Waals surface area (Å²) in [4.78, 5) is 12.6. The molecule has 0 aliphatic heterocycles. The summed E-state index contributed by atoms with van der Waals surface area (Å²) in [5.74, 6) is -0.190. The fourth-order valence-electron chi connectivity index (χ4n) is 2.98. The normalized spacial score (nSPS) is 11.4. The molecule has 0 fully saturated rings. The minimum absolute atomic E-state index is 0.0913. The molecule has 0 bridgehead atoms. The molecule has 3 rings (SSSR count). The maximum atomic E-state index is 12.6. The number of nitrogens with one attached hydrogen (secondary N) is 1. The van der Waals surface area contributed by atoms with Crippen LogP contribution in [0.25, 0.3) is 0 Å². The number of hydrogen-bond acceptors (Lipinski definition) is 2. The molecular formula is C23H27N3O. The van der Waals surface area contributed by atoms with Crippen molar-refractivity contribution in [1.29, 1.82) is 0 Å². The summed E-state index contributed by atoms with van der Waals surface area (Å²) in [5.41, 5.74) is 5.92. The molecule has 0 aliphatic carbocycles. The lowest BCUT2D eigenvalue weighted by atomic mass is 9.87. The first kappa shape index (κ1) is 18.9. The Morgan fingerprint density at radius 3 is 2.33 bits per heavy atom. The molecule has 1 aromatic heterocycles. The molecule has 3 aromatic rings. The first-order chi connectivity index (χ1) is 12.7. The third-order valence-corrected chi connectivity index (χ3v) is 4.80. The lowest BCUT2D eigenvalue weighted by molar-refractivity contribution is 0.102. The van der Waals surface area contributed by atoms with Crippen LogP contribution in [0.5, 0.6) is 0 Å². The topological polar surface area (TPSA) is 46.9 Å². The van der Waals surface area contributed by atoms with Crippen LogP contribution in [0.4, 0.5) is 5.69 Å². The molecule has 4 heteroatoms. The molecule has 0 radical (unpaired) electrons. The quantitative estimate of drug-likeness (QED) is 0.703. The molecule has 1 heterocycles. The molecule has 4 nitrogen and oxygen atoms in total. The van der Waals surface area contributed by atoms with Gasteiger partial charge in [-0.1, -0.05) is 57.2 Å². The zero-order valence-corrected chi connectivity index (χ0v) is 16.7. The SMILES string of the molecule is Cc1ccccc1Cn1nc(C(=O)Nc2ccc(C(C)(C)C)cc2)cc1C. The number of carbonyl (C=O) groups is 1. The molecule has 0 aliphatic rings. The highest BCUT2D eigenvalue weighted by Gasteiger charge is 2.15. The molecule has 0 atom stereocenters. The van der Waals surface area contributed by atoms with Gasteiger partial charge in [-0.05, 0) is 54.2 Å². The molecule has 140 valence electrons. The second-order valence-electron chi connectivity index (χ2n) is 8.04. The number of hydrogen-bond donors (Lipinski definition) is 1. The van der Waals surface area contributed by atoms with E-state index in [1.54, 1.807) is 0 Å². The number of anilines is 1. The van der Waals surface area contributed by atoms with E-state index < -0.39 is 0 Å². The summed E-state index contributed by atoms with van der Waals surface area (Å²) in [6, 6.07) is 18.0. The Hall–Kier alpha value is -2.88. The third-order valence-electron chi connectivity index (χ3n) is 4.80. The van der Waals surface area contributed by atoms with Crippen molar-refractivity contribution >= 4 is 11.6 Å². The van der Waals surface area contributed by atoms with Crippen LogP contribution in [-0.2, 0) is 12.0 Å². The number of aromatic nitrogens is 2. The van der Waals surface area contributed by atoms with E-state index >= 15 is 0 Å². The van der Waals surface area contributed by atoms with E-state index in [0.29, 0.717) is 12.2 Å². The molecular weight excluding hydrogens is 334 g/mol. The number of aryl methyl sites for hydroxylation is 2. The maximum Gasteiger partial charge on any atom is 0.276 e. The van der Waals surface area contributed by atoms with Crippen molar-refractivity contribution in [3.63, 3.8) is 0 Å². The van der Waals surface area contributed by atoms with E-state index in [0.717, 1.165) is 11.4 Å². The van der Waals surface area contributed by atoms with Gasteiger partial charge in [0.25, 0.3) is 5.91 Å². The van der Waals surface area contributed by atoms with Gasteiger partial charge < -0.3 is 5.32 Å². The van der Waals surface area contributed by atoms with Gasteiger partial charge in [0.2, 0.25) is 0 Å². The fourth-order valence-corrected chi connectivity index (χ4v) is 2.98. The zero-order valence-electron chi connectivity index (χ0n) is 16.7. The molecule has 27 heavy (non-hydrogen) atoms. The molecule has 0 spiro atoms. The van der Waals surface area contributed by atoms with Crippen molar-refractivity contribution < 1.29 is 4.79 Å². The van der Waals surface area contributed by atoms with Crippen LogP contribution in [0.2, 0.25) is 0 Å². The van der Waals surface area contributed by atoms with Crippen LogP contribution in [0, 0.1) is 13.8 Å². The van der Waals surface area contributed by atoms with Gasteiger partial charge in [0.15, 0.2) is 5.69 Å². The van der Waals surface area contributed by atoms with Crippen LogP contribution in [0.15, 0.2) is 54.6 Å². The maximum absolute atomic E-state index is 12.6. The predicted molar refractivity (Wildman–Crippen MR) is 110 cm³/mol.